The summed E-state index contributed by atoms with van der Waals surface area (Å²) in [5.41, 5.74) is 17.4. The minimum atomic E-state index is 0.402. The van der Waals surface area contributed by atoms with E-state index >= 15 is 0 Å². The Morgan fingerprint density at radius 1 is 0.617 bits per heavy atom. The molecule has 0 amide bonds. The van der Waals surface area contributed by atoms with Gasteiger partial charge in [-0.2, -0.15) is 0 Å². The van der Waals surface area contributed by atoms with Gasteiger partial charge in [-0.15, -0.1) is 11.3 Å². The highest BCUT2D eigenvalue weighted by molar-refractivity contribution is 7.25. The molecule has 3 aromatic heterocycles. The van der Waals surface area contributed by atoms with Gasteiger partial charge in [-0.25, -0.2) is 4.99 Å². The van der Waals surface area contributed by atoms with Gasteiger partial charge in [0.05, 0.1) is 28.8 Å². The van der Waals surface area contributed by atoms with Crippen LogP contribution in [0.1, 0.15) is 48.7 Å². The fourth-order valence-electron chi connectivity index (χ4n) is 8.28. The molecule has 0 aliphatic rings. The van der Waals surface area contributed by atoms with Crippen LogP contribution in [0.2, 0.25) is 0 Å². The molecule has 0 bridgehead atoms. The number of nitrogens with two attached hydrogens (primary N) is 1. The van der Waals surface area contributed by atoms with E-state index in [0.29, 0.717) is 18.2 Å². The second-order valence-electron chi connectivity index (χ2n) is 14.4. The largest absolute Gasteiger partial charge is 0.383 e. The number of thiophene rings is 1. The van der Waals surface area contributed by atoms with Crippen LogP contribution in [0.5, 0.6) is 0 Å². The Bertz CT molecular complexity index is 3270. The van der Waals surface area contributed by atoms with E-state index in [1.165, 1.54) is 30.9 Å². The van der Waals surface area contributed by atoms with E-state index in [-0.39, 0.29) is 0 Å². The SMILES string of the molecule is C=Cc1c(/C=C\C)n(-c2ccc(C(N)=NC(=NCc3ccccc3)c3ccc4c(c3)sc3ccccc34)cc2)c2c1ccc1c3ccccc3n(-c3ccccc3)c12.CC. The highest BCUT2D eigenvalue weighted by Gasteiger charge is 2.22. The molecule has 60 heavy (non-hydrogen) atoms. The molecule has 0 saturated heterocycles. The molecule has 0 radical (unpaired) electrons. The summed E-state index contributed by atoms with van der Waals surface area (Å²) >= 11 is 1.78. The summed E-state index contributed by atoms with van der Waals surface area (Å²) in [6.07, 6.45) is 6.24. The number of nitrogens with zero attached hydrogens (tertiary/aromatic N) is 4. The fourth-order valence-corrected chi connectivity index (χ4v) is 9.42. The minimum absolute atomic E-state index is 0.402. The zero-order valence-electron chi connectivity index (χ0n) is 34.0. The number of benzene rings is 7. The Balaban J connectivity index is 0.00000228. The first kappa shape index (κ1) is 38.2. The Hall–Kier alpha value is -7.28. The number of aromatic nitrogens is 2. The first-order valence-corrected chi connectivity index (χ1v) is 21.3. The molecule has 2 N–H and O–H groups in total. The molecular formula is C54H45N5S. The molecule has 6 heteroatoms. The molecule has 5 nitrogen and oxygen atoms in total. The molecule has 0 aliphatic carbocycles. The second-order valence-corrected chi connectivity index (χ2v) is 15.4. The van der Waals surface area contributed by atoms with E-state index < -0.39 is 0 Å². The molecule has 0 fully saturated rings. The summed E-state index contributed by atoms with van der Waals surface area (Å²) in [6.45, 7) is 10.8. The maximum Gasteiger partial charge on any atom is 0.157 e. The third-order valence-corrected chi connectivity index (χ3v) is 12.1. The lowest BCUT2D eigenvalue weighted by molar-refractivity contribution is 1.06. The fraction of sp³-hybridized carbons (Fsp3) is 0.0741. The van der Waals surface area contributed by atoms with Gasteiger partial charge in [-0.3, -0.25) is 4.99 Å². The lowest BCUT2D eigenvalue weighted by Gasteiger charge is -2.14. The van der Waals surface area contributed by atoms with Crippen LogP contribution in [-0.2, 0) is 6.54 Å². The van der Waals surface area contributed by atoms with Crippen LogP contribution < -0.4 is 5.73 Å². The van der Waals surface area contributed by atoms with Crippen molar-refractivity contribution in [2.45, 2.75) is 27.3 Å². The number of allylic oxidation sites excluding steroid dienone is 1. The van der Waals surface area contributed by atoms with E-state index in [0.717, 1.165) is 61.3 Å². The predicted molar refractivity (Wildman–Crippen MR) is 260 cm³/mol. The molecular weight excluding hydrogens is 751 g/mol. The summed E-state index contributed by atoms with van der Waals surface area (Å²) in [6, 6.07) is 57.4. The van der Waals surface area contributed by atoms with Crippen molar-refractivity contribution < 1.29 is 0 Å². The number of rotatable bonds is 8. The van der Waals surface area contributed by atoms with Crippen LogP contribution >= 0.6 is 11.3 Å². The highest BCUT2D eigenvalue weighted by atomic mass is 32.1. The standard InChI is InChI=1S/C52H39N5S.C2H6/c1-3-15-45-39(4-2)43-30-31-44-40-20-11-13-22-46(40)56(37-18-9-6-10-19-37)50(44)49(43)57(45)38-27-24-35(25-28-38)51(53)55-52(54-33-34-16-7-5-8-17-34)36-26-29-42-41-21-12-14-23-47(41)58-48(42)32-36;1-2/h3-32H,2,33H2,1H3,(H2,53,54,55);1-2H3/b15-3-;. The average Bonchev–Trinajstić information content (AvgIpc) is 3.96. The van der Waals surface area contributed by atoms with Crippen LogP contribution in [0.4, 0.5) is 0 Å². The van der Waals surface area contributed by atoms with Gasteiger partial charge in [0.1, 0.15) is 5.84 Å². The smallest absolute Gasteiger partial charge is 0.157 e. The molecule has 7 aromatic carbocycles. The zero-order valence-corrected chi connectivity index (χ0v) is 34.8. The monoisotopic (exact) mass is 795 g/mol. The van der Waals surface area contributed by atoms with Crippen molar-refractivity contribution in [1.29, 1.82) is 0 Å². The summed E-state index contributed by atoms with van der Waals surface area (Å²) in [4.78, 5) is 10.1. The highest BCUT2D eigenvalue weighted by Crippen LogP contribution is 2.41. The van der Waals surface area contributed by atoms with Crippen molar-refractivity contribution in [3.8, 4) is 11.4 Å². The maximum atomic E-state index is 6.90. The molecule has 0 aliphatic heterocycles. The van der Waals surface area contributed by atoms with E-state index in [4.69, 9.17) is 15.7 Å². The molecule has 0 spiro atoms. The normalized spacial score (nSPS) is 12.2. The lowest BCUT2D eigenvalue weighted by Crippen LogP contribution is -2.16. The van der Waals surface area contributed by atoms with Gasteiger partial charge in [0.2, 0.25) is 0 Å². The van der Waals surface area contributed by atoms with Crippen molar-refractivity contribution in [1.82, 2.24) is 9.13 Å². The number of para-hydroxylation sites is 2. The van der Waals surface area contributed by atoms with Crippen LogP contribution in [0.15, 0.2) is 186 Å². The summed E-state index contributed by atoms with van der Waals surface area (Å²) < 4.78 is 7.20. The molecule has 10 aromatic rings. The minimum Gasteiger partial charge on any atom is -0.383 e. The quantitative estimate of drug-likeness (QED) is 0.121. The molecule has 0 unspecified atom stereocenters. The van der Waals surface area contributed by atoms with Crippen molar-refractivity contribution >= 4 is 88.0 Å². The van der Waals surface area contributed by atoms with Gasteiger partial charge in [0.15, 0.2) is 5.84 Å². The Kier molecular flexibility index (Phi) is 10.5. The van der Waals surface area contributed by atoms with Gasteiger partial charge >= 0.3 is 0 Å². The third kappa shape index (κ3) is 6.71. The summed E-state index contributed by atoms with van der Waals surface area (Å²) in [5.74, 6) is 1.00. The van der Waals surface area contributed by atoms with E-state index in [2.05, 4.69) is 180 Å². The summed E-state index contributed by atoms with van der Waals surface area (Å²) in [7, 11) is 0. The maximum absolute atomic E-state index is 6.90. The second kappa shape index (κ2) is 16.5. The number of aliphatic imine (C=N–C) groups is 2. The van der Waals surface area contributed by atoms with Gasteiger partial charge in [-0.05, 0) is 73.2 Å². The number of fused-ring (bicyclic) bond motifs is 8. The van der Waals surface area contributed by atoms with Gasteiger partial charge in [0.25, 0.3) is 0 Å². The van der Waals surface area contributed by atoms with Crippen molar-refractivity contribution in [2.24, 2.45) is 15.7 Å². The van der Waals surface area contributed by atoms with E-state index in [1.807, 2.05) is 38.1 Å². The Labute approximate surface area is 354 Å². The lowest BCUT2D eigenvalue weighted by atomic mass is 10.1. The molecule has 0 saturated carbocycles. The first-order valence-electron chi connectivity index (χ1n) is 20.5. The topological polar surface area (TPSA) is 60.6 Å². The zero-order chi connectivity index (χ0) is 41.2. The van der Waals surface area contributed by atoms with Crippen molar-refractivity contribution in [3.05, 3.63) is 204 Å². The van der Waals surface area contributed by atoms with E-state index in [9.17, 15) is 0 Å². The Morgan fingerprint density at radius 2 is 1.22 bits per heavy atom. The van der Waals surface area contributed by atoms with Crippen LogP contribution in [0.25, 0.3) is 76.4 Å². The average molecular weight is 796 g/mol. The number of hydrogen-bond acceptors (Lipinski definition) is 2. The van der Waals surface area contributed by atoms with Gasteiger partial charge < -0.3 is 14.9 Å². The summed E-state index contributed by atoms with van der Waals surface area (Å²) in [5, 5.41) is 6.03. The molecule has 0 atom stereocenters. The number of hydrogen-bond donors (Lipinski definition) is 1. The van der Waals surface area contributed by atoms with Crippen LogP contribution in [0.3, 0.4) is 0 Å². The number of amidine groups is 2. The van der Waals surface area contributed by atoms with Gasteiger partial charge in [-0.1, -0.05) is 142 Å². The van der Waals surface area contributed by atoms with Crippen molar-refractivity contribution in [2.75, 3.05) is 0 Å². The van der Waals surface area contributed by atoms with Crippen LogP contribution in [-0.4, -0.2) is 20.8 Å². The van der Waals surface area contributed by atoms with Gasteiger partial charge in [0, 0.05) is 64.4 Å². The first-order chi connectivity index (χ1) is 29.6. The Morgan fingerprint density at radius 3 is 1.97 bits per heavy atom. The van der Waals surface area contributed by atoms with Crippen molar-refractivity contribution in [3.63, 3.8) is 0 Å². The third-order valence-electron chi connectivity index (χ3n) is 10.9. The van der Waals surface area contributed by atoms with E-state index in [1.54, 1.807) is 11.3 Å². The molecule has 3 heterocycles. The van der Waals surface area contributed by atoms with Crippen LogP contribution in [0, 0.1) is 0 Å². The molecule has 10 rings (SSSR count). The predicted octanol–water partition coefficient (Wildman–Crippen LogP) is 14.2. The molecule has 292 valence electrons.